The SMILES string of the molecule is Cc1cc(-c2c(C(C)C)c3nc(C4CCN(C(=O)O)CC4)ncc3n2COCC[Si](C)(C)C)cn(C)c1=O. The van der Waals surface area contributed by atoms with E-state index in [-0.39, 0.29) is 17.4 Å². The van der Waals surface area contributed by atoms with E-state index in [1.807, 2.05) is 25.4 Å². The van der Waals surface area contributed by atoms with Crippen LogP contribution in [0.4, 0.5) is 4.79 Å². The minimum Gasteiger partial charge on any atom is -0.465 e. The van der Waals surface area contributed by atoms with Crippen molar-refractivity contribution in [3.8, 4) is 11.3 Å². The molecule has 0 aliphatic carbocycles. The zero-order valence-corrected chi connectivity index (χ0v) is 24.7. The van der Waals surface area contributed by atoms with Gasteiger partial charge in [0.2, 0.25) is 0 Å². The van der Waals surface area contributed by atoms with Crippen LogP contribution in [0.15, 0.2) is 23.3 Å². The van der Waals surface area contributed by atoms with Gasteiger partial charge in [-0.2, -0.15) is 0 Å². The Morgan fingerprint density at radius 3 is 2.50 bits per heavy atom. The van der Waals surface area contributed by atoms with Crippen molar-refractivity contribution in [1.82, 2.24) is 24.0 Å². The molecule has 0 atom stereocenters. The maximum absolute atomic E-state index is 12.5. The first-order valence-electron chi connectivity index (χ1n) is 13.5. The summed E-state index contributed by atoms with van der Waals surface area (Å²) < 4.78 is 10.0. The van der Waals surface area contributed by atoms with Gasteiger partial charge in [-0.05, 0) is 37.8 Å². The molecule has 3 aromatic rings. The number of fused-ring (bicyclic) bond motifs is 1. The lowest BCUT2D eigenvalue weighted by molar-refractivity contribution is 0.0911. The van der Waals surface area contributed by atoms with Gasteiger partial charge in [0.25, 0.3) is 5.56 Å². The smallest absolute Gasteiger partial charge is 0.407 e. The number of ether oxygens (including phenoxy) is 1. The normalized spacial score (nSPS) is 15.1. The van der Waals surface area contributed by atoms with Crippen LogP contribution in [-0.4, -0.2) is 63.0 Å². The van der Waals surface area contributed by atoms with Gasteiger partial charge in [0, 0.05) is 63.6 Å². The number of piperidine rings is 1. The Kier molecular flexibility index (Phi) is 8.13. The van der Waals surface area contributed by atoms with E-state index in [2.05, 4.69) is 38.1 Å². The first-order chi connectivity index (χ1) is 17.9. The number of carbonyl (C=O) groups is 1. The molecule has 0 bridgehead atoms. The minimum absolute atomic E-state index is 0.0105. The van der Waals surface area contributed by atoms with Crippen molar-refractivity contribution >= 4 is 25.2 Å². The summed E-state index contributed by atoms with van der Waals surface area (Å²) in [5.74, 6) is 1.06. The number of aromatic nitrogens is 4. The zero-order chi connectivity index (χ0) is 27.8. The van der Waals surface area contributed by atoms with E-state index < -0.39 is 14.2 Å². The van der Waals surface area contributed by atoms with E-state index in [0.717, 1.165) is 39.7 Å². The number of aryl methyl sites for hydroxylation is 2. The predicted octanol–water partition coefficient (Wildman–Crippen LogP) is 5.40. The zero-order valence-electron chi connectivity index (χ0n) is 23.7. The molecule has 206 valence electrons. The van der Waals surface area contributed by atoms with Gasteiger partial charge in [0.1, 0.15) is 12.6 Å². The standard InChI is InChI=1S/C28H41N5O4Si/c1-18(2)23-24-22(15-29-26(30-24)20-8-10-32(11-9-20)28(35)36)33(17-37-12-13-38(5,6)7)25(23)21-14-19(3)27(34)31(4)16-21/h14-16,18,20H,8-13,17H2,1-7H3,(H,35,36). The quantitative estimate of drug-likeness (QED) is 0.304. The van der Waals surface area contributed by atoms with Crippen LogP contribution >= 0.6 is 0 Å². The second kappa shape index (κ2) is 11.0. The molecular weight excluding hydrogens is 498 g/mol. The van der Waals surface area contributed by atoms with Crippen LogP contribution in [0.5, 0.6) is 0 Å². The van der Waals surface area contributed by atoms with E-state index in [9.17, 15) is 14.7 Å². The van der Waals surface area contributed by atoms with Crippen molar-refractivity contribution in [2.75, 3.05) is 19.7 Å². The highest BCUT2D eigenvalue weighted by molar-refractivity contribution is 6.76. The Hall–Kier alpha value is -2.98. The van der Waals surface area contributed by atoms with Crippen LogP contribution in [0.3, 0.4) is 0 Å². The molecule has 9 nitrogen and oxygen atoms in total. The highest BCUT2D eigenvalue weighted by Crippen LogP contribution is 2.38. The average Bonchev–Trinajstić information content (AvgIpc) is 3.18. The fourth-order valence-electron chi connectivity index (χ4n) is 5.22. The molecule has 1 aliphatic rings. The molecular formula is C28H41N5O4Si. The van der Waals surface area contributed by atoms with Gasteiger partial charge in [0.05, 0.1) is 22.9 Å². The number of carboxylic acid groups (broad SMARTS) is 1. The van der Waals surface area contributed by atoms with E-state index in [1.165, 1.54) is 4.90 Å². The van der Waals surface area contributed by atoms with Crippen molar-refractivity contribution < 1.29 is 14.6 Å². The van der Waals surface area contributed by atoms with Crippen LogP contribution < -0.4 is 5.56 Å². The minimum atomic E-state index is -1.24. The van der Waals surface area contributed by atoms with E-state index in [1.54, 1.807) is 11.6 Å². The Balaban J connectivity index is 1.82. The predicted molar refractivity (Wildman–Crippen MR) is 153 cm³/mol. The van der Waals surface area contributed by atoms with Gasteiger partial charge in [0.15, 0.2) is 0 Å². The Labute approximate surface area is 225 Å². The summed E-state index contributed by atoms with van der Waals surface area (Å²) in [6.45, 7) is 15.3. The summed E-state index contributed by atoms with van der Waals surface area (Å²) in [4.78, 5) is 35.2. The number of likely N-dealkylation sites (tertiary alicyclic amines) is 1. The van der Waals surface area contributed by atoms with Gasteiger partial charge in [-0.1, -0.05) is 33.5 Å². The summed E-state index contributed by atoms with van der Waals surface area (Å²) in [6, 6.07) is 3.03. The first-order valence-corrected chi connectivity index (χ1v) is 17.2. The van der Waals surface area contributed by atoms with Crippen molar-refractivity contribution in [2.45, 2.75) is 77.9 Å². The number of amides is 1. The van der Waals surface area contributed by atoms with Crippen molar-refractivity contribution in [2.24, 2.45) is 7.05 Å². The van der Waals surface area contributed by atoms with Gasteiger partial charge >= 0.3 is 6.09 Å². The second-order valence-corrected chi connectivity index (χ2v) is 17.6. The third-order valence-electron chi connectivity index (χ3n) is 7.42. The molecule has 3 aromatic heterocycles. The van der Waals surface area contributed by atoms with Gasteiger partial charge in [-0.15, -0.1) is 0 Å². The summed E-state index contributed by atoms with van der Waals surface area (Å²) in [6.07, 6.45) is 4.34. The van der Waals surface area contributed by atoms with Crippen molar-refractivity contribution in [1.29, 1.82) is 0 Å². The Morgan fingerprint density at radius 2 is 1.92 bits per heavy atom. The lowest BCUT2D eigenvalue weighted by Gasteiger charge is -2.29. The van der Waals surface area contributed by atoms with Crippen LogP contribution in [0.2, 0.25) is 25.7 Å². The molecule has 1 N–H and O–H groups in total. The molecule has 1 fully saturated rings. The lowest BCUT2D eigenvalue weighted by atomic mass is 9.95. The molecule has 0 saturated carbocycles. The highest BCUT2D eigenvalue weighted by atomic mass is 28.3. The average molecular weight is 540 g/mol. The Bertz CT molecular complexity index is 1350. The molecule has 38 heavy (non-hydrogen) atoms. The summed E-state index contributed by atoms with van der Waals surface area (Å²) in [5.41, 5.74) is 5.57. The maximum Gasteiger partial charge on any atom is 0.407 e. The van der Waals surface area contributed by atoms with Crippen molar-refractivity contribution in [3.63, 3.8) is 0 Å². The largest absolute Gasteiger partial charge is 0.465 e. The lowest BCUT2D eigenvalue weighted by Crippen LogP contribution is -2.37. The van der Waals surface area contributed by atoms with Crippen LogP contribution in [-0.2, 0) is 18.5 Å². The molecule has 4 rings (SSSR count). The van der Waals surface area contributed by atoms with Crippen LogP contribution in [0.25, 0.3) is 22.3 Å². The molecule has 1 saturated heterocycles. The summed E-state index contributed by atoms with van der Waals surface area (Å²) >= 11 is 0. The topological polar surface area (TPSA) is 102 Å². The van der Waals surface area contributed by atoms with Crippen LogP contribution in [0, 0.1) is 6.92 Å². The number of rotatable bonds is 8. The Morgan fingerprint density at radius 1 is 1.24 bits per heavy atom. The molecule has 0 spiro atoms. The van der Waals surface area contributed by atoms with Gasteiger partial charge < -0.3 is 23.9 Å². The molecule has 10 heteroatoms. The number of hydrogen-bond acceptors (Lipinski definition) is 5. The number of nitrogens with zero attached hydrogens (tertiary/aromatic N) is 5. The fourth-order valence-corrected chi connectivity index (χ4v) is 5.98. The number of pyridine rings is 1. The third kappa shape index (κ3) is 5.86. The van der Waals surface area contributed by atoms with E-state index in [4.69, 9.17) is 14.7 Å². The second-order valence-electron chi connectivity index (χ2n) is 12.0. The highest BCUT2D eigenvalue weighted by Gasteiger charge is 2.28. The fraction of sp³-hybridized carbons (Fsp3) is 0.571. The molecule has 0 unspecified atom stereocenters. The monoisotopic (exact) mass is 539 g/mol. The molecule has 0 aromatic carbocycles. The molecule has 0 radical (unpaired) electrons. The summed E-state index contributed by atoms with van der Waals surface area (Å²) in [5, 5.41) is 9.33. The molecule has 1 aliphatic heterocycles. The maximum atomic E-state index is 12.5. The molecule has 4 heterocycles. The van der Waals surface area contributed by atoms with E-state index >= 15 is 0 Å². The summed E-state index contributed by atoms with van der Waals surface area (Å²) in [7, 11) is 0.548. The van der Waals surface area contributed by atoms with Crippen LogP contribution in [0.1, 0.15) is 55.5 Å². The van der Waals surface area contributed by atoms with Crippen molar-refractivity contribution in [3.05, 3.63) is 45.8 Å². The van der Waals surface area contributed by atoms with Gasteiger partial charge in [-0.25, -0.2) is 14.8 Å². The third-order valence-corrected chi connectivity index (χ3v) is 9.12. The van der Waals surface area contributed by atoms with Gasteiger partial charge in [-0.3, -0.25) is 4.79 Å². The first kappa shape index (κ1) is 28.0. The number of hydrogen-bond donors (Lipinski definition) is 1. The molecule has 1 amide bonds. The van der Waals surface area contributed by atoms with E-state index in [0.29, 0.717) is 44.8 Å².